The van der Waals surface area contributed by atoms with Crippen molar-refractivity contribution in [3.63, 3.8) is 0 Å². The van der Waals surface area contributed by atoms with Gasteiger partial charge in [0.25, 0.3) is 0 Å². The molecule has 108 valence electrons. The Hall–Kier alpha value is -1.36. The zero-order valence-electron chi connectivity index (χ0n) is 11.6. The van der Waals surface area contributed by atoms with Crippen molar-refractivity contribution in [1.82, 2.24) is 9.97 Å². The van der Waals surface area contributed by atoms with Crippen LogP contribution in [0.2, 0.25) is 5.28 Å². The number of carbonyl (C=O) groups excluding carboxylic acids is 1. The van der Waals surface area contributed by atoms with Gasteiger partial charge in [-0.15, -0.1) is 0 Å². The van der Waals surface area contributed by atoms with Gasteiger partial charge in [0.2, 0.25) is 5.28 Å². The molecule has 2 atom stereocenters. The molecule has 1 unspecified atom stereocenters. The maximum atomic E-state index is 11.4. The predicted octanol–water partition coefficient (Wildman–Crippen LogP) is 2.65. The van der Waals surface area contributed by atoms with E-state index in [-0.39, 0.29) is 17.4 Å². The van der Waals surface area contributed by atoms with Crippen LogP contribution in [-0.4, -0.2) is 34.4 Å². The van der Waals surface area contributed by atoms with Crippen LogP contribution < -0.4 is 10.2 Å². The number of hydrogen-bond acceptors (Lipinski definition) is 5. The first-order valence-corrected chi connectivity index (χ1v) is 7.65. The molecule has 0 saturated heterocycles. The van der Waals surface area contributed by atoms with Gasteiger partial charge in [-0.1, -0.05) is 19.8 Å². The minimum absolute atomic E-state index is 0.133. The third-order valence-corrected chi connectivity index (χ3v) is 4.54. The lowest BCUT2D eigenvalue weighted by Gasteiger charge is -2.44. The number of carbonyl (C=O) groups is 1. The van der Waals surface area contributed by atoms with Gasteiger partial charge in [0.15, 0.2) is 5.82 Å². The van der Waals surface area contributed by atoms with Crippen molar-refractivity contribution < 1.29 is 4.79 Å². The van der Waals surface area contributed by atoms with Crippen molar-refractivity contribution in [2.75, 3.05) is 10.2 Å². The fraction of sp³-hybridized carbons (Fsp3) is 0.643. The van der Waals surface area contributed by atoms with Gasteiger partial charge < -0.3 is 15.0 Å². The predicted molar refractivity (Wildman–Crippen MR) is 79.3 cm³/mol. The van der Waals surface area contributed by atoms with Crippen molar-refractivity contribution in [2.24, 2.45) is 0 Å². The lowest BCUT2D eigenvalue weighted by molar-refractivity contribution is -0.108. The van der Waals surface area contributed by atoms with E-state index in [1.165, 1.54) is 12.8 Å². The molecule has 1 N–H and O–H groups in total. The van der Waals surface area contributed by atoms with E-state index in [2.05, 4.69) is 27.1 Å². The smallest absolute Gasteiger partial charge is 0.224 e. The summed E-state index contributed by atoms with van der Waals surface area (Å²) in [7, 11) is 0. The number of halogens is 1. The molecule has 6 heteroatoms. The molecule has 1 aliphatic carbocycles. The zero-order chi connectivity index (χ0) is 14.1. The van der Waals surface area contributed by atoms with E-state index in [0.717, 1.165) is 37.1 Å². The van der Waals surface area contributed by atoms with Gasteiger partial charge >= 0.3 is 0 Å². The molecule has 0 spiro atoms. The van der Waals surface area contributed by atoms with Gasteiger partial charge in [0.05, 0.1) is 17.9 Å². The molecule has 1 aromatic rings. The molecular formula is C14H19ClN4O. The number of aldehydes is 1. The minimum Gasteiger partial charge on any atom is -0.370 e. The molecule has 0 radical (unpaired) electrons. The van der Waals surface area contributed by atoms with E-state index < -0.39 is 0 Å². The Kier molecular flexibility index (Phi) is 3.78. The summed E-state index contributed by atoms with van der Waals surface area (Å²) in [6, 6.07) is 0.376. The van der Waals surface area contributed by atoms with Crippen LogP contribution in [0.15, 0.2) is 6.20 Å². The van der Waals surface area contributed by atoms with E-state index >= 15 is 0 Å². The second-order valence-electron chi connectivity index (χ2n) is 5.50. The van der Waals surface area contributed by atoms with E-state index in [1.807, 2.05) is 0 Å². The Bertz CT molecular complexity index is 504. The number of anilines is 2. The summed E-state index contributed by atoms with van der Waals surface area (Å²) in [4.78, 5) is 22.2. The molecule has 2 heterocycles. The number of hydrogen-bond donors (Lipinski definition) is 1. The highest BCUT2D eigenvalue weighted by Crippen LogP contribution is 2.38. The standard InChI is InChI=1S/C14H19ClN4O/c1-2-12-11(8-20)17-10-7-16-14(15)18-13(10)19(12)9-5-3-4-6-9/h7-9,11-12,17H,2-6H2,1H3/t11?,12-/m1/s1. The summed E-state index contributed by atoms with van der Waals surface area (Å²) in [5, 5.41) is 3.49. The fourth-order valence-electron chi connectivity index (χ4n) is 3.46. The summed E-state index contributed by atoms with van der Waals surface area (Å²) in [5.41, 5.74) is 0.808. The van der Waals surface area contributed by atoms with E-state index in [9.17, 15) is 4.79 Å². The van der Waals surface area contributed by atoms with Crippen molar-refractivity contribution in [2.45, 2.75) is 57.2 Å². The second kappa shape index (κ2) is 5.56. The third kappa shape index (κ3) is 2.24. The van der Waals surface area contributed by atoms with E-state index in [0.29, 0.717) is 6.04 Å². The largest absolute Gasteiger partial charge is 0.370 e. The lowest BCUT2D eigenvalue weighted by Crippen LogP contribution is -2.55. The van der Waals surface area contributed by atoms with Gasteiger partial charge in [-0.05, 0) is 30.9 Å². The van der Waals surface area contributed by atoms with Crippen molar-refractivity contribution in [1.29, 1.82) is 0 Å². The summed E-state index contributed by atoms with van der Waals surface area (Å²) >= 11 is 5.96. The Labute approximate surface area is 123 Å². The van der Waals surface area contributed by atoms with E-state index in [1.54, 1.807) is 6.20 Å². The maximum absolute atomic E-state index is 11.4. The Balaban J connectivity index is 2.05. The molecule has 0 aromatic carbocycles. The highest BCUT2D eigenvalue weighted by Gasteiger charge is 2.38. The van der Waals surface area contributed by atoms with Crippen LogP contribution in [0, 0.1) is 0 Å². The average molecular weight is 295 g/mol. The topological polar surface area (TPSA) is 58.1 Å². The first kappa shape index (κ1) is 13.6. The van der Waals surface area contributed by atoms with Gasteiger partial charge in [0.1, 0.15) is 12.3 Å². The number of nitrogens with zero attached hydrogens (tertiary/aromatic N) is 3. The lowest BCUT2D eigenvalue weighted by atomic mass is 9.98. The first-order valence-electron chi connectivity index (χ1n) is 7.27. The quantitative estimate of drug-likeness (QED) is 0.686. The molecule has 1 aliphatic heterocycles. The number of nitrogens with one attached hydrogen (secondary N) is 1. The van der Waals surface area contributed by atoms with Crippen molar-refractivity contribution in [3.05, 3.63) is 11.5 Å². The Morgan fingerprint density at radius 2 is 2.25 bits per heavy atom. The molecule has 1 aromatic heterocycles. The normalized spacial score (nSPS) is 26.2. The fourth-order valence-corrected chi connectivity index (χ4v) is 3.59. The molecule has 1 saturated carbocycles. The van der Waals surface area contributed by atoms with Crippen LogP contribution in [0.5, 0.6) is 0 Å². The zero-order valence-corrected chi connectivity index (χ0v) is 12.3. The number of fused-ring (bicyclic) bond motifs is 1. The highest BCUT2D eigenvalue weighted by atomic mass is 35.5. The SMILES string of the molecule is CC[C@@H]1C(C=O)Nc2cnc(Cl)nc2N1C1CCCC1. The second-order valence-corrected chi connectivity index (χ2v) is 5.84. The third-order valence-electron chi connectivity index (χ3n) is 4.36. The van der Waals surface area contributed by atoms with Crippen LogP contribution in [0.25, 0.3) is 0 Å². The molecule has 3 rings (SSSR count). The molecule has 0 amide bonds. The maximum Gasteiger partial charge on any atom is 0.224 e. The Morgan fingerprint density at radius 1 is 1.50 bits per heavy atom. The summed E-state index contributed by atoms with van der Waals surface area (Å²) in [6.07, 6.45) is 8.36. The van der Waals surface area contributed by atoms with Crippen LogP contribution in [0.3, 0.4) is 0 Å². The van der Waals surface area contributed by atoms with Crippen LogP contribution in [-0.2, 0) is 4.79 Å². The summed E-state index contributed by atoms with van der Waals surface area (Å²) in [6.45, 7) is 2.11. The number of rotatable bonds is 3. The van der Waals surface area contributed by atoms with Gasteiger partial charge in [-0.2, -0.15) is 4.98 Å². The van der Waals surface area contributed by atoms with Crippen LogP contribution in [0.4, 0.5) is 11.5 Å². The Morgan fingerprint density at radius 3 is 2.90 bits per heavy atom. The number of aromatic nitrogens is 2. The summed E-state index contributed by atoms with van der Waals surface area (Å²) < 4.78 is 0. The van der Waals surface area contributed by atoms with Crippen molar-refractivity contribution >= 4 is 29.4 Å². The molecule has 1 fully saturated rings. The van der Waals surface area contributed by atoms with Gasteiger partial charge in [-0.3, -0.25) is 0 Å². The molecule has 0 bridgehead atoms. The van der Waals surface area contributed by atoms with Crippen LogP contribution in [0.1, 0.15) is 39.0 Å². The van der Waals surface area contributed by atoms with Gasteiger partial charge in [0, 0.05) is 6.04 Å². The molecule has 5 nitrogen and oxygen atoms in total. The first-order chi connectivity index (χ1) is 9.74. The minimum atomic E-state index is -0.210. The average Bonchev–Trinajstić information content (AvgIpc) is 2.98. The van der Waals surface area contributed by atoms with Crippen molar-refractivity contribution in [3.8, 4) is 0 Å². The highest BCUT2D eigenvalue weighted by molar-refractivity contribution is 6.28. The monoisotopic (exact) mass is 294 g/mol. The molecule has 2 aliphatic rings. The van der Waals surface area contributed by atoms with E-state index in [4.69, 9.17) is 11.6 Å². The molecule has 20 heavy (non-hydrogen) atoms. The van der Waals surface area contributed by atoms with Crippen LogP contribution >= 0.6 is 11.6 Å². The van der Waals surface area contributed by atoms with Gasteiger partial charge in [-0.25, -0.2) is 4.98 Å². The summed E-state index contributed by atoms with van der Waals surface area (Å²) in [5.74, 6) is 0.849. The molecular weight excluding hydrogens is 276 g/mol.